The summed E-state index contributed by atoms with van der Waals surface area (Å²) in [5.74, 6) is -0.898. The van der Waals surface area contributed by atoms with Crippen molar-refractivity contribution in [3.8, 4) is 10.4 Å². The Balaban J connectivity index is 1.88. The molecule has 1 aromatic heterocycles. The molecule has 0 radical (unpaired) electrons. The number of hydrogen-bond acceptors (Lipinski definition) is 7. The zero-order valence-electron chi connectivity index (χ0n) is 26.1. The maximum Gasteiger partial charge on any atom is 0.405 e. The lowest BCUT2D eigenvalue weighted by molar-refractivity contribution is -0.142. The fraction of sp³-hybridized carbons (Fsp3) is 0.600. The smallest absolute Gasteiger partial charge is 0.405 e. The van der Waals surface area contributed by atoms with E-state index in [4.69, 9.17) is 4.43 Å². The number of thiazole rings is 1. The van der Waals surface area contributed by atoms with E-state index in [9.17, 15) is 24.6 Å². The number of rotatable bonds is 9. The van der Waals surface area contributed by atoms with E-state index >= 15 is 0 Å². The van der Waals surface area contributed by atoms with Crippen molar-refractivity contribution in [1.82, 2.24) is 20.5 Å². The number of hydrogen-bond donors (Lipinski definition) is 4. The topological polar surface area (TPSA) is 141 Å². The third-order valence-corrected chi connectivity index (χ3v) is 13.8. The van der Waals surface area contributed by atoms with Crippen molar-refractivity contribution in [2.45, 2.75) is 97.2 Å². The monoisotopic (exact) mass is 618 g/mol. The standard InChI is InChI=1S/C30H46N4O6SSi/c1-18-24(41-17-31-18)20-12-10-19(11-13-20)22(16-35)32-26(36)23-14-21(40-42(8,9)30(5,6)7)15-34(23)27(37)25(29(2,3)4)33-28(38)39/h10-13,17,21-23,25,33,35H,14-16H2,1-9H3,(H,32,36)(H,38,39)/t21-,22+,23+,25-/m1/s1. The van der Waals surface area contributed by atoms with Crippen LogP contribution in [-0.2, 0) is 14.0 Å². The highest BCUT2D eigenvalue weighted by Crippen LogP contribution is 2.39. The predicted octanol–water partition coefficient (Wildman–Crippen LogP) is 4.94. The molecule has 0 aliphatic carbocycles. The minimum atomic E-state index is -2.24. The molecule has 1 fully saturated rings. The Morgan fingerprint density at radius 1 is 1.12 bits per heavy atom. The summed E-state index contributed by atoms with van der Waals surface area (Å²) in [6.07, 6.45) is -1.42. The fourth-order valence-electron chi connectivity index (χ4n) is 4.85. The Morgan fingerprint density at radius 3 is 2.21 bits per heavy atom. The largest absolute Gasteiger partial charge is 0.465 e. The molecule has 1 aromatic carbocycles. The number of carbonyl (C=O) groups is 3. The predicted molar refractivity (Wildman–Crippen MR) is 167 cm³/mol. The molecule has 2 heterocycles. The highest BCUT2D eigenvalue weighted by atomic mass is 32.1. The van der Waals surface area contributed by atoms with E-state index in [0.29, 0.717) is 0 Å². The van der Waals surface area contributed by atoms with Gasteiger partial charge in [0.05, 0.1) is 34.8 Å². The normalized spacial score (nSPS) is 19.3. The number of aryl methyl sites for hydroxylation is 1. The lowest BCUT2D eigenvalue weighted by Crippen LogP contribution is -2.57. The number of likely N-dealkylation sites (tertiary alicyclic amines) is 1. The van der Waals surface area contributed by atoms with Gasteiger partial charge in [-0.25, -0.2) is 9.78 Å². The highest BCUT2D eigenvalue weighted by Gasteiger charge is 2.48. The average molecular weight is 619 g/mol. The molecule has 12 heteroatoms. The maximum absolute atomic E-state index is 13.9. The quantitative estimate of drug-likeness (QED) is 0.292. The molecule has 0 bridgehead atoms. The van der Waals surface area contributed by atoms with Crippen molar-refractivity contribution in [3.63, 3.8) is 0 Å². The van der Waals surface area contributed by atoms with Gasteiger partial charge in [-0.3, -0.25) is 9.59 Å². The summed E-state index contributed by atoms with van der Waals surface area (Å²) in [6.45, 7) is 17.7. The minimum Gasteiger partial charge on any atom is -0.465 e. The lowest BCUT2D eigenvalue weighted by atomic mass is 9.85. The van der Waals surface area contributed by atoms with E-state index in [1.54, 1.807) is 37.6 Å². The van der Waals surface area contributed by atoms with Crippen LogP contribution >= 0.6 is 11.3 Å². The van der Waals surface area contributed by atoms with Crippen LogP contribution in [0.25, 0.3) is 10.4 Å². The first-order valence-electron chi connectivity index (χ1n) is 14.2. The molecule has 1 aliphatic heterocycles. The van der Waals surface area contributed by atoms with Crippen LogP contribution < -0.4 is 10.6 Å². The van der Waals surface area contributed by atoms with E-state index in [-0.39, 0.29) is 30.7 Å². The Labute approximate surface area is 254 Å². The van der Waals surface area contributed by atoms with Crippen molar-refractivity contribution < 1.29 is 29.0 Å². The molecule has 1 saturated heterocycles. The number of carbonyl (C=O) groups excluding carboxylic acids is 2. The van der Waals surface area contributed by atoms with E-state index in [2.05, 4.69) is 49.5 Å². The molecular weight excluding hydrogens is 573 g/mol. The van der Waals surface area contributed by atoms with E-state index in [0.717, 1.165) is 21.7 Å². The Bertz CT molecular complexity index is 1270. The average Bonchev–Trinajstić information content (AvgIpc) is 3.50. The second-order valence-electron chi connectivity index (χ2n) is 13.6. The van der Waals surface area contributed by atoms with Crippen molar-refractivity contribution in [1.29, 1.82) is 0 Å². The Hall–Kier alpha value is -2.80. The summed E-state index contributed by atoms with van der Waals surface area (Å²) in [4.78, 5) is 46.1. The van der Waals surface area contributed by atoms with Crippen LogP contribution in [0.2, 0.25) is 18.1 Å². The number of benzene rings is 1. The lowest BCUT2D eigenvalue weighted by Gasteiger charge is -2.38. The number of carboxylic acid groups (broad SMARTS) is 1. The fourth-order valence-corrected chi connectivity index (χ4v) is 7.02. The summed E-state index contributed by atoms with van der Waals surface area (Å²) in [7, 11) is -2.24. The van der Waals surface area contributed by atoms with Gasteiger partial charge >= 0.3 is 6.09 Å². The highest BCUT2D eigenvalue weighted by molar-refractivity contribution is 7.13. The van der Waals surface area contributed by atoms with Crippen LogP contribution in [0.5, 0.6) is 0 Å². The summed E-state index contributed by atoms with van der Waals surface area (Å²) in [5.41, 5.74) is 3.72. The van der Waals surface area contributed by atoms with Gasteiger partial charge < -0.3 is 30.2 Å². The van der Waals surface area contributed by atoms with Crippen molar-refractivity contribution in [3.05, 3.63) is 41.0 Å². The van der Waals surface area contributed by atoms with Crippen molar-refractivity contribution in [2.75, 3.05) is 13.2 Å². The molecule has 0 spiro atoms. The van der Waals surface area contributed by atoms with Gasteiger partial charge in [0.15, 0.2) is 8.32 Å². The molecule has 42 heavy (non-hydrogen) atoms. The third-order valence-electron chi connectivity index (χ3n) is 8.32. The van der Waals surface area contributed by atoms with Crippen LogP contribution in [-0.4, -0.2) is 77.7 Å². The molecule has 0 saturated carbocycles. The van der Waals surface area contributed by atoms with Gasteiger partial charge in [0.25, 0.3) is 0 Å². The first-order valence-corrected chi connectivity index (χ1v) is 18.0. The minimum absolute atomic E-state index is 0.0765. The molecule has 232 valence electrons. The van der Waals surface area contributed by atoms with Gasteiger partial charge in [0, 0.05) is 13.0 Å². The summed E-state index contributed by atoms with van der Waals surface area (Å²) in [6, 6.07) is 4.96. The maximum atomic E-state index is 13.9. The van der Waals surface area contributed by atoms with Crippen LogP contribution in [0.3, 0.4) is 0 Å². The Morgan fingerprint density at radius 2 is 1.74 bits per heavy atom. The Kier molecular flexibility index (Phi) is 10.3. The molecule has 3 amide bonds. The van der Waals surface area contributed by atoms with E-state index in [1.807, 2.05) is 31.2 Å². The molecular formula is C30H46N4O6SSi. The molecule has 10 nitrogen and oxygen atoms in total. The van der Waals surface area contributed by atoms with Gasteiger partial charge in [-0.1, -0.05) is 65.8 Å². The van der Waals surface area contributed by atoms with Gasteiger partial charge in [0.1, 0.15) is 12.1 Å². The second-order valence-corrected chi connectivity index (χ2v) is 19.2. The van der Waals surface area contributed by atoms with Crippen molar-refractivity contribution >= 4 is 37.6 Å². The number of nitrogens with one attached hydrogen (secondary N) is 2. The van der Waals surface area contributed by atoms with Crippen LogP contribution in [0.1, 0.15) is 65.3 Å². The van der Waals surface area contributed by atoms with Gasteiger partial charge in [-0.2, -0.15) is 0 Å². The molecule has 0 unspecified atom stereocenters. The molecule has 4 atom stereocenters. The van der Waals surface area contributed by atoms with Crippen LogP contribution in [0.15, 0.2) is 29.8 Å². The second kappa shape index (κ2) is 12.8. The number of aromatic nitrogens is 1. The SMILES string of the molecule is Cc1ncsc1-c1ccc([C@H](CO)NC(=O)[C@@H]2C[C@@H](O[Si](C)(C)C(C)(C)C)CN2C(=O)[C@@H](NC(=O)O)C(C)(C)C)cc1. The van der Waals surface area contributed by atoms with E-state index < -0.39 is 49.8 Å². The molecule has 4 N–H and O–H groups in total. The first-order chi connectivity index (χ1) is 19.4. The number of aliphatic hydroxyl groups is 1. The van der Waals surface area contributed by atoms with Crippen molar-refractivity contribution in [2.24, 2.45) is 5.41 Å². The first kappa shape index (κ1) is 33.7. The zero-order chi connectivity index (χ0) is 31.6. The molecule has 3 rings (SSSR count). The number of nitrogens with zero attached hydrogens (tertiary/aromatic N) is 2. The summed E-state index contributed by atoms with van der Waals surface area (Å²) < 4.78 is 6.62. The van der Waals surface area contributed by atoms with Crippen LogP contribution in [0.4, 0.5) is 4.79 Å². The van der Waals surface area contributed by atoms with Gasteiger partial charge in [-0.05, 0) is 41.6 Å². The zero-order valence-corrected chi connectivity index (χ0v) is 28.0. The summed E-state index contributed by atoms with van der Waals surface area (Å²) in [5, 5.41) is 24.9. The number of amides is 3. The summed E-state index contributed by atoms with van der Waals surface area (Å²) >= 11 is 1.55. The molecule has 2 aromatic rings. The van der Waals surface area contributed by atoms with Crippen LogP contribution in [0, 0.1) is 12.3 Å². The van der Waals surface area contributed by atoms with Gasteiger partial charge in [0.2, 0.25) is 11.8 Å². The third kappa shape index (κ3) is 7.77. The van der Waals surface area contributed by atoms with Gasteiger partial charge in [-0.15, -0.1) is 11.3 Å². The van der Waals surface area contributed by atoms with E-state index in [1.165, 1.54) is 4.90 Å². The molecule has 1 aliphatic rings. The number of aliphatic hydroxyl groups excluding tert-OH is 1.